The normalized spacial score (nSPS) is 23.2. The number of hydrogen-bond donors (Lipinski definition) is 0. The molecule has 0 unspecified atom stereocenters. The number of carbonyl (C=O) groups is 2. The van der Waals surface area contributed by atoms with Gasteiger partial charge in [-0.3, -0.25) is 9.46 Å². The van der Waals surface area contributed by atoms with Crippen molar-refractivity contribution in [3.05, 3.63) is 42.0 Å². The maximum absolute atomic E-state index is 14.0. The van der Waals surface area contributed by atoms with Crippen LogP contribution in [0.3, 0.4) is 0 Å². The number of methoxy groups -OCH3 is 1. The third-order valence-corrected chi connectivity index (χ3v) is 8.64. The number of piperidine rings is 1. The van der Waals surface area contributed by atoms with Gasteiger partial charge in [-0.1, -0.05) is 56.3 Å². The fourth-order valence-electron chi connectivity index (χ4n) is 4.90. The maximum atomic E-state index is 14.0. The van der Waals surface area contributed by atoms with Crippen molar-refractivity contribution in [1.82, 2.24) is 4.90 Å². The Balaban J connectivity index is 2.64. The monoisotopic (exact) mass is 523 g/mol. The topological polar surface area (TPSA) is 91.4 Å². The van der Waals surface area contributed by atoms with Crippen molar-refractivity contribution >= 4 is 25.7 Å². The molecule has 4 atom stereocenters. The van der Waals surface area contributed by atoms with E-state index in [0.29, 0.717) is 18.8 Å². The predicted molar refractivity (Wildman–Crippen MR) is 140 cm³/mol. The number of nitrogens with zero attached hydrogens (tertiary/aromatic N) is 1. The number of likely N-dealkylation sites (tertiary alicyclic amines) is 1. The first-order valence-electron chi connectivity index (χ1n) is 12.4. The van der Waals surface area contributed by atoms with Crippen molar-refractivity contribution in [2.75, 3.05) is 21.3 Å². The molecule has 1 aromatic carbocycles. The Morgan fingerprint density at radius 3 is 2.22 bits per heavy atom. The van der Waals surface area contributed by atoms with Gasteiger partial charge in [0.1, 0.15) is 17.4 Å². The average Bonchev–Trinajstić information content (AvgIpc) is 2.82. The molecule has 9 heteroatoms. The van der Waals surface area contributed by atoms with Gasteiger partial charge in [-0.2, -0.15) is 0 Å². The first kappa shape index (κ1) is 30.1. The number of carbonyl (C=O) groups excluding carboxylic acids is 2. The summed E-state index contributed by atoms with van der Waals surface area (Å²) in [6.45, 7) is 9.43. The van der Waals surface area contributed by atoms with Crippen molar-refractivity contribution in [3.8, 4) is 0 Å². The van der Waals surface area contributed by atoms with E-state index in [-0.39, 0.29) is 11.8 Å². The minimum atomic E-state index is -3.89. The zero-order valence-electron chi connectivity index (χ0n) is 22.8. The van der Waals surface area contributed by atoms with Gasteiger partial charge in [0.15, 0.2) is 0 Å². The van der Waals surface area contributed by atoms with Crippen molar-refractivity contribution in [2.45, 2.75) is 71.3 Å². The van der Waals surface area contributed by atoms with Gasteiger partial charge in [0, 0.05) is 14.2 Å². The molecule has 0 radical (unpaired) electrons. The van der Waals surface area contributed by atoms with E-state index in [4.69, 9.17) is 18.5 Å². The Kier molecular flexibility index (Phi) is 10.8. The van der Waals surface area contributed by atoms with Crippen LogP contribution in [-0.2, 0) is 27.9 Å². The summed E-state index contributed by atoms with van der Waals surface area (Å²) < 4.78 is 35.7. The lowest BCUT2D eigenvalue weighted by Gasteiger charge is -2.49. The van der Waals surface area contributed by atoms with Gasteiger partial charge >= 0.3 is 19.7 Å². The summed E-state index contributed by atoms with van der Waals surface area (Å²) in [5.74, 6) is -1.67. The fourth-order valence-corrected chi connectivity index (χ4v) is 6.87. The molecule has 36 heavy (non-hydrogen) atoms. The molecule has 0 aliphatic carbocycles. The number of ether oxygens (including phenoxy) is 2. The molecule has 0 N–H and O–H groups in total. The second-order valence-electron chi connectivity index (χ2n) is 10.6. The molecular weight excluding hydrogens is 481 g/mol. The quantitative estimate of drug-likeness (QED) is 0.275. The van der Waals surface area contributed by atoms with Crippen LogP contribution in [0.1, 0.15) is 59.4 Å². The van der Waals surface area contributed by atoms with Crippen molar-refractivity contribution in [2.24, 2.45) is 17.8 Å². The van der Waals surface area contributed by atoms with Crippen molar-refractivity contribution in [3.63, 3.8) is 0 Å². The van der Waals surface area contributed by atoms with Crippen LogP contribution in [0, 0.1) is 17.8 Å². The molecule has 1 heterocycles. The van der Waals surface area contributed by atoms with Crippen LogP contribution >= 0.6 is 7.60 Å². The Labute approximate surface area is 215 Å². The molecule has 0 aromatic heterocycles. The fraction of sp³-hybridized carbons (Fsp3) is 0.630. The minimum absolute atomic E-state index is 0.0446. The Hall–Kier alpha value is -2.15. The van der Waals surface area contributed by atoms with Crippen LogP contribution in [0.25, 0.3) is 6.08 Å². The highest BCUT2D eigenvalue weighted by atomic mass is 31.2. The number of esters is 1. The number of rotatable bonds is 9. The third-order valence-electron chi connectivity index (χ3n) is 6.34. The van der Waals surface area contributed by atoms with Crippen LogP contribution in [0.15, 0.2) is 36.4 Å². The summed E-state index contributed by atoms with van der Waals surface area (Å²) >= 11 is 0. The molecule has 1 aliphatic heterocycles. The van der Waals surface area contributed by atoms with Gasteiger partial charge in [-0.25, -0.2) is 9.59 Å². The lowest BCUT2D eigenvalue weighted by atomic mass is 9.75. The maximum Gasteiger partial charge on any atom is 0.411 e. The molecule has 1 amide bonds. The first-order chi connectivity index (χ1) is 16.9. The number of amides is 1. The van der Waals surface area contributed by atoms with Gasteiger partial charge in [0.05, 0.1) is 7.11 Å². The van der Waals surface area contributed by atoms with Crippen LogP contribution in [0.2, 0.25) is 0 Å². The highest BCUT2D eigenvalue weighted by Crippen LogP contribution is 2.60. The molecular formula is C27H42NO7P. The van der Waals surface area contributed by atoms with E-state index in [0.717, 1.165) is 12.0 Å². The summed E-state index contributed by atoms with van der Waals surface area (Å²) in [5.41, 5.74) is 0.201. The predicted octanol–water partition coefficient (Wildman–Crippen LogP) is 6.36. The highest BCUT2D eigenvalue weighted by molar-refractivity contribution is 7.54. The molecule has 0 bridgehead atoms. The van der Waals surface area contributed by atoms with Crippen LogP contribution in [-0.4, -0.2) is 55.7 Å². The van der Waals surface area contributed by atoms with Crippen molar-refractivity contribution in [1.29, 1.82) is 0 Å². The van der Waals surface area contributed by atoms with E-state index >= 15 is 0 Å². The lowest BCUT2D eigenvalue weighted by Crippen LogP contribution is -2.60. The van der Waals surface area contributed by atoms with Gasteiger partial charge in [0.25, 0.3) is 0 Å². The highest BCUT2D eigenvalue weighted by Gasteiger charge is 2.56. The van der Waals surface area contributed by atoms with Gasteiger partial charge in [0.2, 0.25) is 0 Å². The summed E-state index contributed by atoms with van der Waals surface area (Å²) in [5, 5.41) is 0. The standard InChI is InChI=1S/C27H42NO7P/c1-19(2)17-21-18-23(25(29)32-6)28(26(30)35-27(3,4)5)24(36(31,33-7)34-8)22(21)16-12-15-20-13-10-9-11-14-20/h9-15,19,21-24H,16-18H2,1-8H3/b15-12+/t21-,22+,23-,24+/m1/s1. The van der Waals surface area contributed by atoms with E-state index in [2.05, 4.69) is 13.8 Å². The molecule has 202 valence electrons. The third kappa shape index (κ3) is 7.67. The van der Waals surface area contributed by atoms with Gasteiger partial charge in [-0.15, -0.1) is 0 Å². The molecule has 8 nitrogen and oxygen atoms in total. The zero-order valence-corrected chi connectivity index (χ0v) is 23.7. The molecule has 1 fully saturated rings. The van der Waals surface area contributed by atoms with E-state index in [1.54, 1.807) is 20.8 Å². The summed E-state index contributed by atoms with van der Waals surface area (Å²) in [4.78, 5) is 27.8. The first-order valence-corrected chi connectivity index (χ1v) is 14.0. The Morgan fingerprint density at radius 2 is 1.72 bits per heavy atom. The second kappa shape index (κ2) is 12.9. The van der Waals surface area contributed by atoms with Crippen molar-refractivity contribution < 1.29 is 32.7 Å². The zero-order chi connectivity index (χ0) is 27.1. The number of benzene rings is 1. The molecule has 2 rings (SSSR count). The average molecular weight is 524 g/mol. The summed E-state index contributed by atoms with van der Waals surface area (Å²) in [6.07, 6.45) is 4.89. The van der Waals surface area contributed by atoms with E-state index in [9.17, 15) is 14.2 Å². The largest absolute Gasteiger partial charge is 0.467 e. The second-order valence-corrected chi connectivity index (χ2v) is 12.9. The summed E-state index contributed by atoms with van der Waals surface area (Å²) in [7, 11) is -0.00604. The Morgan fingerprint density at radius 1 is 1.11 bits per heavy atom. The SMILES string of the molecule is COC(=O)[C@H]1C[C@@H](CC(C)C)[C@H](C/C=C/c2ccccc2)[C@H](P(=O)(OC)OC)N1C(=O)OC(C)(C)C. The minimum Gasteiger partial charge on any atom is -0.467 e. The van der Waals surface area contributed by atoms with Crippen LogP contribution < -0.4 is 0 Å². The van der Waals surface area contributed by atoms with E-state index < -0.39 is 37.1 Å². The molecule has 1 saturated heterocycles. The smallest absolute Gasteiger partial charge is 0.411 e. The summed E-state index contributed by atoms with van der Waals surface area (Å²) in [6, 6.07) is 8.88. The van der Waals surface area contributed by atoms with Gasteiger partial charge in [-0.05, 0) is 63.4 Å². The van der Waals surface area contributed by atoms with Gasteiger partial charge < -0.3 is 18.5 Å². The number of allylic oxidation sites excluding steroid dienone is 1. The van der Waals surface area contributed by atoms with E-state index in [1.165, 1.54) is 26.2 Å². The Bertz CT molecular complexity index is 933. The van der Waals surface area contributed by atoms with Crippen LogP contribution in [0.4, 0.5) is 4.79 Å². The lowest BCUT2D eigenvalue weighted by molar-refractivity contribution is -0.151. The molecule has 1 aliphatic rings. The molecule has 1 aromatic rings. The molecule has 0 spiro atoms. The van der Waals surface area contributed by atoms with Crippen LogP contribution in [0.5, 0.6) is 0 Å². The molecule has 0 saturated carbocycles. The number of hydrogen-bond acceptors (Lipinski definition) is 7. The van der Waals surface area contributed by atoms with E-state index in [1.807, 2.05) is 42.5 Å².